The van der Waals surface area contributed by atoms with Gasteiger partial charge in [0.2, 0.25) is 0 Å². The number of benzene rings is 2. The van der Waals surface area contributed by atoms with E-state index in [1.54, 1.807) is 12.1 Å². The van der Waals surface area contributed by atoms with Crippen molar-refractivity contribution in [1.82, 2.24) is 9.55 Å². The highest BCUT2D eigenvalue weighted by Gasteiger charge is 2.14. The van der Waals surface area contributed by atoms with Crippen molar-refractivity contribution in [2.45, 2.75) is 6.54 Å². The molecular weight excluding hydrogens is 396 g/mol. The average Bonchev–Trinajstić information content (AvgIpc) is 3.16. The molecule has 0 aliphatic heterocycles. The van der Waals surface area contributed by atoms with Gasteiger partial charge in [0.15, 0.2) is 5.78 Å². The van der Waals surface area contributed by atoms with Crippen LogP contribution in [0.5, 0.6) is 5.75 Å². The molecule has 0 unspecified atom stereocenters. The van der Waals surface area contributed by atoms with Gasteiger partial charge in [-0.1, -0.05) is 41.9 Å². The van der Waals surface area contributed by atoms with E-state index >= 15 is 0 Å². The number of ketones is 1. The van der Waals surface area contributed by atoms with Crippen molar-refractivity contribution in [2.75, 3.05) is 7.11 Å². The Bertz CT molecular complexity index is 1230. The Balaban J connectivity index is 1.66. The van der Waals surface area contributed by atoms with E-state index in [2.05, 4.69) is 4.98 Å². The zero-order valence-corrected chi connectivity index (χ0v) is 16.5. The van der Waals surface area contributed by atoms with Crippen LogP contribution in [0.3, 0.4) is 0 Å². The van der Waals surface area contributed by atoms with Gasteiger partial charge >= 0.3 is 0 Å². The van der Waals surface area contributed by atoms with Crippen molar-refractivity contribution in [3.63, 3.8) is 0 Å². The van der Waals surface area contributed by atoms with E-state index < -0.39 is 0 Å². The van der Waals surface area contributed by atoms with Gasteiger partial charge in [0, 0.05) is 10.4 Å². The Morgan fingerprint density at radius 1 is 1.18 bits per heavy atom. The van der Waals surface area contributed by atoms with Crippen molar-refractivity contribution in [1.29, 1.82) is 0 Å². The summed E-state index contributed by atoms with van der Waals surface area (Å²) in [6.07, 6.45) is 1.42. The van der Waals surface area contributed by atoms with Gasteiger partial charge in [0.05, 0.1) is 30.4 Å². The summed E-state index contributed by atoms with van der Waals surface area (Å²) >= 11 is 7.54. The van der Waals surface area contributed by atoms with Crippen LogP contribution in [0.4, 0.5) is 0 Å². The third-order valence-electron chi connectivity index (χ3n) is 4.36. The van der Waals surface area contributed by atoms with Crippen molar-refractivity contribution in [3.8, 4) is 16.2 Å². The van der Waals surface area contributed by atoms with Crippen LogP contribution in [0.15, 0.2) is 65.7 Å². The number of carbonyl (C=O) groups is 1. The summed E-state index contributed by atoms with van der Waals surface area (Å²) in [5.41, 5.74) is 1.20. The minimum absolute atomic E-state index is 0.110. The van der Waals surface area contributed by atoms with Crippen molar-refractivity contribution in [3.05, 3.63) is 81.9 Å². The zero-order chi connectivity index (χ0) is 19.7. The summed E-state index contributed by atoms with van der Waals surface area (Å²) in [7, 11) is 1.51. The fourth-order valence-corrected chi connectivity index (χ4v) is 4.16. The van der Waals surface area contributed by atoms with Crippen LogP contribution in [-0.2, 0) is 6.54 Å². The maximum Gasteiger partial charge on any atom is 0.262 e. The van der Waals surface area contributed by atoms with E-state index in [1.807, 2.05) is 36.4 Å². The molecule has 0 saturated carbocycles. The van der Waals surface area contributed by atoms with Crippen LogP contribution in [0.25, 0.3) is 20.7 Å². The summed E-state index contributed by atoms with van der Waals surface area (Å²) in [6, 6.07) is 16.4. The number of hydrogen-bond donors (Lipinski definition) is 0. The molecule has 2 heterocycles. The smallest absolute Gasteiger partial charge is 0.262 e. The van der Waals surface area contributed by atoms with Crippen LogP contribution < -0.4 is 10.3 Å². The van der Waals surface area contributed by atoms with Crippen LogP contribution in [0.2, 0.25) is 5.02 Å². The number of carbonyl (C=O) groups excluding carboxylic acids is 1. The van der Waals surface area contributed by atoms with Gasteiger partial charge in [-0.05, 0) is 29.8 Å². The molecule has 0 aliphatic rings. The lowest BCUT2D eigenvalue weighted by atomic mass is 10.1. The highest BCUT2D eigenvalue weighted by atomic mass is 35.5. The zero-order valence-electron chi connectivity index (χ0n) is 14.9. The van der Waals surface area contributed by atoms with Gasteiger partial charge in [-0.3, -0.25) is 14.2 Å². The van der Waals surface area contributed by atoms with E-state index in [4.69, 9.17) is 16.3 Å². The minimum Gasteiger partial charge on any atom is -0.495 e. The van der Waals surface area contributed by atoms with Crippen molar-refractivity contribution < 1.29 is 9.53 Å². The number of nitrogens with zero attached hydrogens (tertiary/aromatic N) is 2. The highest BCUT2D eigenvalue weighted by molar-refractivity contribution is 7.21. The molecule has 0 radical (unpaired) electrons. The second kappa shape index (κ2) is 7.58. The highest BCUT2D eigenvalue weighted by Crippen LogP contribution is 2.30. The monoisotopic (exact) mass is 410 g/mol. The van der Waals surface area contributed by atoms with Gasteiger partial charge < -0.3 is 4.74 Å². The number of ether oxygens (including phenoxy) is 1. The molecular formula is C21H15ClN2O3S. The van der Waals surface area contributed by atoms with Gasteiger partial charge in [-0.15, -0.1) is 11.3 Å². The Hall–Kier alpha value is -2.96. The first-order valence-corrected chi connectivity index (χ1v) is 9.67. The van der Waals surface area contributed by atoms with E-state index in [0.717, 1.165) is 10.4 Å². The summed E-state index contributed by atoms with van der Waals surface area (Å²) in [5.74, 6) is 0.261. The predicted octanol–water partition coefficient (Wildman–Crippen LogP) is 4.67. The second-order valence-corrected chi connectivity index (χ2v) is 7.58. The fraction of sp³-hybridized carbons (Fsp3) is 0.0952. The van der Waals surface area contributed by atoms with Gasteiger partial charge in [0.1, 0.15) is 10.6 Å². The summed E-state index contributed by atoms with van der Waals surface area (Å²) in [5, 5.41) is 0.853. The van der Waals surface area contributed by atoms with Crippen molar-refractivity contribution in [2.24, 2.45) is 0 Å². The number of hydrogen-bond acceptors (Lipinski definition) is 5. The number of rotatable bonds is 5. The first-order valence-electron chi connectivity index (χ1n) is 8.48. The van der Waals surface area contributed by atoms with Crippen LogP contribution in [0.1, 0.15) is 10.4 Å². The molecule has 0 amide bonds. The lowest BCUT2D eigenvalue weighted by Gasteiger charge is -2.07. The van der Waals surface area contributed by atoms with Crippen LogP contribution >= 0.6 is 22.9 Å². The molecule has 7 heteroatoms. The third kappa shape index (κ3) is 3.44. The Morgan fingerprint density at radius 2 is 1.96 bits per heavy atom. The lowest BCUT2D eigenvalue weighted by Crippen LogP contribution is -2.24. The Morgan fingerprint density at radius 3 is 2.68 bits per heavy atom. The second-order valence-electron chi connectivity index (χ2n) is 6.15. The first-order chi connectivity index (χ1) is 13.6. The van der Waals surface area contributed by atoms with E-state index in [1.165, 1.54) is 35.4 Å². The molecule has 2 aromatic carbocycles. The molecule has 2 aromatic heterocycles. The number of halogens is 1. The van der Waals surface area contributed by atoms with E-state index in [0.29, 0.717) is 26.6 Å². The third-order valence-corrected chi connectivity index (χ3v) is 5.75. The molecule has 0 atom stereocenters. The van der Waals surface area contributed by atoms with Gasteiger partial charge in [-0.25, -0.2) is 4.98 Å². The standard InChI is InChI=1S/C21H15ClN2O3S/c1-27-18-8-7-14(9-16(18)22)17(25)11-24-12-23-20-15(21(24)26)10-19(28-20)13-5-3-2-4-6-13/h2-10,12H,11H2,1H3. The summed E-state index contributed by atoms with van der Waals surface area (Å²) in [4.78, 5) is 31.4. The van der Waals surface area contributed by atoms with E-state index in [9.17, 15) is 9.59 Å². The number of Topliss-reactive ketones (excluding diaryl/α,β-unsaturated/α-hetero) is 1. The number of aromatic nitrogens is 2. The Kier molecular flexibility index (Phi) is 4.98. The van der Waals surface area contributed by atoms with Crippen LogP contribution in [0, 0.1) is 0 Å². The molecule has 0 bridgehead atoms. The minimum atomic E-state index is -0.239. The summed E-state index contributed by atoms with van der Waals surface area (Å²) < 4.78 is 6.42. The summed E-state index contributed by atoms with van der Waals surface area (Å²) in [6.45, 7) is -0.110. The number of thiophene rings is 1. The first kappa shape index (κ1) is 18.4. The molecule has 0 aliphatic carbocycles. The maximum absolute atomic E-state index is 12.8. The molecule has 4 aromatic rings. The van der Waals surface area contributed by atoms with Crippen molar-refractivity contribution >= 4 is 38.9 Å². The maximum atomic E-state index is 12.8. The molecule has 0 N–H and O–H groups in total. The molecule has 0 spiro atoms. The number of fused-ring (bicyclic) bond motifs is 1. The van der Waals surface area contributed by atoms with Crippen LogP contribution in [-0.4, -0.2) is 22.4 Å². The quantitative estimate of drug-likeness (QED) is 0.448. The molecule has 28 heavy (non-hydrogen) atoms. The fourth-order valence-electron chi connectivity index (χ4n) is 2.90. The van der Waals surface area contributed by atoms with Gasteiger partial charge in [0.25, 0.3) is 5.56 Å². The molecule has 4 rings (SSSR count). The predicted molar refractivity (Wildman–Crippen MR) is 112 cm³/mol. The molecule has 5 nitrogen and oxygen atoms in total. The largest absolute Gasteiger partial charge is 0.495 e. The molecule has 140 valence electrons. The number of methoxy groups -OCH3 is 1. The SMILES string of the molecule is COc1ccc(C(=O)Cn2cnc3sc(-c4ccccc4)cc3c2=O)cc1Cl. The average molecular weight is 411 g/mol. The topological polar surface area (TPSA) is 61.2 Å². The molecule has 0 saturated heterocycles. The van der Waals surface area contributed by atoms with Gasteiger partial charge in [-0.2, -0.15) is 0 Å². The Labute approximate surface area is 169 Å². The normalized spacial score (nSPS) is 10.9. The molecule has 0 fully saturated rings. The van der Waals surface area contributed by atoms with E-state index in [-0.39, 0.29) is 17.9 Å². The lowest BCUT2D eigenvalue weighted by molar-refractivity contribution is 0.0970.